The highest BCUT2D eigenvalue weighted by molar-refractivity contribution is 5.95. The lowest BCUT2D eigenvalue weighted by Gasteiger charge is -2.13. The molecule has 0 unspecified atom stereocenters. The molecule has 0 fully saturated rings. The van der Waals surface area contributed by atoms with E-state index in [0.29, 0.717) is 22.8 Å². The van der Waals surface area contributed by atoms with Crippen molar-refractivity contribution in [3.63, 3.8) is 0 Å². The van der Waals surface area contributed by atoms with E-state index in [0.717, 1.165) is 11.5 Å². The summed E-state index contributed by atoms with van der Waals surface area (Å²) in [5.74, 6) is 1.65. The van der Waals surface area contributed by atoms with Crippen molar-refractivity contribution in [2.75, 3.05) is 19.0 Å². The number of rotatable bonds is 4. The normalized spacial score (nSPS) is 10.5. The molecule has 0 aromatic carbocycles. The number of hydrogen-bond acceptors (Lipinski definition) is 6. The third-order valence-corrected chi connectivity index (χ3v) is 3.01. The predicted octanol–water partition coefficient (Wildman–Crippen LogP) is 1.39. The molecule has 2 aromatic rings. The molecule has 112 valence electrons. The number of carbonyl (C=O) groups excluding carboxylic acids is 1. The molecule has 0 aliphatic rings. The van der Waals surface area contributed by atoms with Gasteiger partial charge >= 0.3 is 0 Å². The Morgan fingerprint density at radius 1 is 1.29 bits per heavy atom. The van der Waals surface area contributed by atoms with Gasteiger partial charge in [0.05, 0.1) is 12.2 Å². The van der Waals surface area contributed by atoms with Crippen LogP contribution in [-0.2, 0) is 6.54 Å². The van der Waals surface area contributed by atoms with Crippen molar-refractivity contribution in [2.24, 2.45) is 0 Å². The highest BCUT2D eigenvalue weighted by Gasteiger charge is 2.17. The van der Waals surface area contributed by atoms with Gasteiger partial charge in [0.2, 0.25) is 0 Å². The Kier molecular flexibility index (Phi) is 4.21. The molecule has 0 aliphatic carbocycles. The van der Waals surface area contributed by atoms with Crippen molar-refractivity contribution < 1.29 is 9.32 Å². The summed E-state index contributed by atoms with van der Waals surface area (Å²) in [5, 5.41) is 6.56. The van der Waals surface area contributed by atoms with Gasteiger partial charge in [-0.25, -0.2) is 9.97 Å². The molecule has 1 amide bonds. The SMILES string of the molecule is Cc1cc(N(C)C)nc(CNC(=O)c2c(C)noc2C)n1. The molecular formula is C14H19N5O2. The molecule has 0 spiro atoms. The summed E-state index contributed by atoms with van der Waals surface area (Å²) < 4.78 is 4.99. The van der Waals surface area contributed by atoms with Crippen LogP contribution in [-0.4, -0.2) is 35.1 Å². The van der Waals surface area contributed by atoms with Crippen LogP contribution >= 0.6 is 0 Å². The molecule has 0 atom stereocenters. The lowest BCUT2D eigenvalue weighted by atomic mass is 10.2. The second-order valence-electron chi connectivity index (χ2n) is 5.06. The van der Waals surface area contributed by atoms with E-state index in [-0.39, 0.29) is 12.5 Å². The summed E-state index contributed by atoms with van der Waals surface area (Å²) >= 11 is 0. The summed E-state index contributed by atoms with van der Waals surface area (Å²) in [6, 6.07) is 1.89. The van der Waals surface area contributed by atoms with E-state index in [2.05, 4.69) is 20.4 Å². The van der Waals surface area contributed by atoms with Crippen LogP contribution in [0.2, 0.25) is 0 Å². The zero-order chi connectivity index (χ0) is 15.6. The van der Waals surface area contributed by atoms with E-state index in [1.165, 1.54) is 0 Å². The number of amides is 1. The first-order valence-corrected chi connectivity index (χ1v) is 6.61. The second kappa shape index (κ2) is 5.90. The van der Waals surface area contributed by atoms with Crippen LogP contribution in [0.15, 0.2) is 10.6 Å². The van der Waals surface area contributed by atoms with Crippen molar-refractivity contribution in [3.8, 4) is 0 Å². The monoisotopic (exact) mass is 289 g/mol. The first-order chi connectivity index (χ1) is 9.88. The molecule has 1 N–H and O–H groups in total. The summed E-state index contributed by atoms with van der Waals surface area (Å²) in [5.41, 5.74) is 1.90. The number of carbonyl (C=O) groups is 1. The molecule has 2 rings (SSSR count). The molecule has 0 saturated heterocycles. The number of nitrogens with zero attached hydrogens (tertiary/aromatic N) is 4. The van der Waals surface area contributed by atoms with Gasteiger partial charge in [-0.1, -0.05) is 5.16 Å². The van der Waals surface area contributed by atoms with Crippen LogP contribution < -0.4 is 10.2 Å². The van der Waals surface area contributed by atoms with Gasteiger partial charge < -0.3 is 14.7 Å². The number of aryl methyl sites for hydroxylation is 3. The lowest BCUT2D eigenvalue weighted by Crippen LogP contribution is -2.25. The average Bonchev–Trinajstić information content (AvgIpc) is 2.75. The van der Waals surface area contributed by atoms with Crippen molar-refractivity contribution in [1.29, 1.82) is 0 Å². The zero-order valence-corrected chi connectivity index (χ0v) is 12.9. The number of hydrogen-bond donors (Lipinski definition) is 1. The summed E-state index contributed by atoms with van der Waals surface area (Å²) in [6.07, 6.45) is 0. The van der Waals surface area contributed by atoms with E-state index in [4.69, 9.17) is 4.52 Å². The topological polar surface area (TPSA) is 84.2 Å². The van der Waals surface area contributed by atoms with E-state index in [1.54, 1.807) is 13.8 Å². The van der Waals surface area contributed by atoms with Gasteiger partial charge in [-0.2, -0.15) is 0 Å². The summed E-state index contributed by atoms with van der Waals surface area (Å²) in [6.45, 7) is 5.60. The van der Waals surface area contributed by atoms with Gasteiger partial charge in [-0.3, -0.25) is 4.79 Å². The van der Waals surface area contributed by atoms with E-state index in [1.807, 2.05) is 32.0 Å². The highest BCUT2D eigenvalue weighted by Crippen LogP contribution is 2.12. The smallest absolute Gasteiger partial charge is 0.257 e. The molecule has 2 aromatic heterocycles. The van der Waals surface area contributed by atoms with Crippen LogP contribution in [0.4, 0.5) is 5.82 Å². The molecule has 0 saturated carbocycles. The van der Waals surface area contributed by atoms with Crippen LogP contribution in [0.1, 0.15) is 33.3 Å². The minimum Gasteiger partial charge on any atom is -0.363 e. The summed E-state index contributed by atoms with van der Waals surface area (Å²) in [7, 11) is 3.82. The standard InChI is InChI=1S/C14H19N5O2/c1-8-6-12(19(4)5)17-11(16-8)7-15-14(20)13-9(2)18-21-10(13)3/h6H,7H2,1-5H3,(H,15,20). The average molecular weight is 289 g/mol. The molecule has 0 aliphatic heterocycles. The molecule has 7 nitrogen and oxygen atoms in total. The molecule has 2 heterocycles. The molecule has 0 radical (unpaired) electrons. The number of anilines is 1. The number of nitrogens with one attached hydrogen (secondary N) is 1. The maximum Gasteiger partial charge on any atom is 0.257 e. The minimum atomic E-state index is -0.234. The first kappa shape index (κ1) is 15.0. The van der Waals surface area contributed by atoms with E-state index < -0.39 is 0 Å². The van der Waals surface area contributed by atoms with Crippen LogP contribution in [0.25, 0.3) is 0 Å². The van der Waals surface area contributed by atoms with E-state index >= 15 is 0 Å². The third-order valence-electron chi connectivity index (χ3n) is 3.01. The number of aromatic nitrogens is 3. The fourth-order valence-electron chi connectivity index (χ4n) is 1.98. The molecule has 21 heavy (non-hydrogen) atoms. The predicted molar refractivity (Wildman–Crippen MR) is 78.2 cm³/mol. The molecule has 7 heteroatoms. The highest BCUT2D eigenvalue weighted by atomic mass is 16.5. The quantitative estimate of drug-likeness (QED) is 0.915. The van der Waals surface area contributed by atoms with Crippen LogP contribution in [0.5, 0.6) is 0 Å². The van der Waals surface area contributed by atoms with Crippen molar-refractivity contribution in [3.05, 3.63) is 34.6 Å². The minimum absolute atomic E-state index is 0.234. The van der Waals surface area contributed by atoms with Gasteiger partial charge in [0.1, 0.15) is 23.0 Å². The van der Waals surface area contributed by atoms with E-state index in [9.17, 15) is 4.79 Å². The van der Waals surface area contributed by atoms with Gasteiger partial charge in [0, 0.05) is 25.9 Å². The Labute approximate surface area is 123 Å². The van der Waals surface area contributed by atoms with Crippen molar-refractivity contribution >= 4 is 11.7 Å². The molecular weight excluding hydrogens is 270 g/mol. The van der Waals surface area contributed by atoms with Crippen molar-refractivity contribution in [1.82, 2.24) is 20.4 Å². The maximum atomic E-state index is 12.1. The largest absolute Gasteiger partial charge is 0.363 e. The van der Waals surface area contributed by atoms with Gasteiger partial charge in [-0.05, 0) is 20.8 Å². The third kappa shape index (κ3) is 3.36. The Bertz CT molecular complexity index is 644. The Morgan fingerprint density at radius 3 is 2.57 bits per heavy atom. The van der Waals surface area contributed by atoms with Gasteiger partial charge in [-0.15, -0.1) is 0 Å². The fraction of sp³-hybridized carbons (Fsp3) is 0.429. The van der Waals surface area contributed by atoms with Crippen LogP contribution in [0, 0.1) is 20.8 Å². The summed E-state index contributed by atoms with van der Waals surface area (Å²) in [4.78, 5) is 22.8. The zero-order valence-electron chi connectivity index (χ0n) is 12.9. The fourth-order valence-corrected chi connectivity index (χ4v) is 1.98. The Morgan fingerprint density at radius 2 is 2.00 bits per heavy atom. The van der Waals surface area contributed by atoms with Crippen LogP contribution in [0.3, 0.4) is 0 Å². The molecule has 0 bridgehead atoms. The second-order valence-corrected chi connectivity index (χ2v) is 5.06. The lowest BCUT2D eigenvalue weighted by molar-refractivity contribution is 0.0948. The Balaban J connectivity index is 2.11. The van der Waals surface area contributed by atoms with Gasteiger partial charge in [0.25, 0.3) is 5.91 Å². The maximum absolute atomic E-state index is 12.1. The van der Waals surface area contributed by atoms with Gasteiger partial charge in [0.15, 0.2) is 0 Å². The van der Waals surface area contributed by atoms with Crippen molar-refractivity contribution in [2.45, 2.75) is 27.3 Å². The Hall–Kier alpha value is -2.44. The first-order valence-electron chi connectivity index (χ1n) is 6.61.